The van der Waals surface area contributed by atoms with Crippen LogP contribution in [0.2, 0.25) is 0 Å². The van der Waals surface area contributed by atoms with Crippen LogP contribution in [0.25, 0.3) is 0 Å². The molecule has 2 aliphatic heterocycles. The Morgan fingerprint density at radius 3 is 2.63 bits per heavy atom. The van der Waals surface area contributed by atoms with Gasteiger partial charge in [-0.15, -0.1) is 0 Å². The first-order valence-electron chi connectivity index (χ1n) is 7.83. The summed E-state index contributed by atoms with van der Waals surface area (Å²) in [7, 11) is 0. The van der Waals surface area contributed by atoms with Crippen LogP contribution >= 0.6 is 0 Å². The van der Waals surface area contributed by atoms with E-state index in [0.29, 0.717) is 19.0 Å². The molecule has 0 spiro atoms. The number of amides is 2. The van der Waals surface area contributed by atoms with E-state index in [1.165, 1.54) is 32.1 Å². The van der Waals surface area contributed by atoms with Gasteiger partial charge in [0.1, 0.15) is 0 Å². The summed E-state index contributed by atoms with van der Waals surface area (Å²) in [6.45, 7) is 2.00. The van der Waals surface area contributed by atoms with E-state index in [0.717, 1.165) is 31.8 Å². The monoisotopic (exact) mass is 264 g/mol. The lowest BCUT2D eigenvalue weighted by Crippen LogP contribution is -2.52. The number of hydrogen-bond donors (Lipinski definition) is 0. The van der Waals surface area contributed by atoms with Crippen molar-refractivity contribution < 1.29 is 9.59 Å². The molecule has 2 saturated heterocycles. The van der Waals surface area contributed by atoms with Crippen LogP contribution in [0.3, 0.4) is 0 Å². The molecule has 3 fully saturated rings. The van der Waals surface area contributed by atoms with E-state index in [1.54, 1.807) is 4.90 Å². The molecule has 2 unspecified atom stereocenters. The van der Waals surface area contributed by atoms with Gasteiger partial charge in [-0.1, -0.05) is 12.8 Å². The number of rotatable bonds is 2. The Labute approximate surface area is 115 Å². The molecule has 1 saturated carbocycles. The van der Waals surface area contributed by atoms with Crippen LogP contribution in [-0.2, 0) is 9.59 Å². The maximum Gasteiger partial charge on any atom is 0.242 e. The second kappa shape index (κ2) is 5.51. The third kappa shape index (κ3) is 2.63. The number of nitrogens with zero attached hydrogens (tertiary/aromatic N) is 2. The van der Waals surface area contributed by atoms with Crippen molar-refractivity contribution in [3.05, 3.63) is 0 Å². The first-order chi connectivity index (χ1) is 9.25. The lowest BCUT2D eigenvalue weighted by molar-refractivity contribution is -0.142. The zero-order valence-electron chi connectivity index (χ0n) is 11.6. The van der Waals surface area contributed by atoms with Gasteiger partial charge in [-0.25, -0.2) is 0 Å². The van der Waals surface area contributed by atoms with E-state index in [4.69, 9.17) is 0 Å². The lowest BCUT2D eigenvalue weighted by atomic mass is 9.78. The highest BCUT2D eigenvalue weighted by Crippen LogP contribution is 2.35. The molecule has 106 valence electrons. The smallest absolute Gasteiger partial charge is 0.242 e. The van der Waals surface area contributed by atoms with Crippen LogP contribution < -0.4 is 0 Å². The van der Waals surface area contributed by atoms with E-state index in [9.17, 15) is 9.59 Å². The highest BCUT2D eigenvalue weighted by molar-refractivity contribution is 5.86. The minimum absolute atomic E-state index is 0.158. The van der Waals surface area contributed by atoms with Crippen LogP contribution in [0.5, 0.6) is 0 Å². The van der Waals surface area contributed by atoms with Crippen LogP contribution in [-0.4, -0.2) is 47.3 Å². The molecule has 3 rings (SSSR count). The molecule has 0 radical (unpaired) electrons. The van der Waals surface area contributed by atoms with E-state index in [1.807, 2.05) is 0 Å². The standard InChI is InChI=1S/C15H24N2O2/c18-14-8-4-9-16(14)11-15(19)17-10-3-6-12-5-1-2-7-13(12)17/h12-13H,1-11H2. The van der Waals surface area contributed by atoms with Crippen molar-refractivity contribution in [1.29, 1.82) is 0 Å². The van der Waals surface area contributed by atoms with E-state index >= 15 is 0 Å². The van der Waals surface area contributed by atoms with Gasteiger partial charge < -0.3 is 9.80 Å². The second-order valence-electron chi connectivity index (χ2n) is 6.26. The summed E-state index contributed by atoms with van der Waals surface area (Å²) >= 11 is 0. The van der Waals surface area contributed by atoms with Crippen LogP contribution in [0, 0.1) is 5.92 Å². The molecule has 0 aromatic carbocycles. The van der Waals surface area contributed by atoms with Crippen molar-refractivity contribution in [2.24, 2.45) is 5.92 Å². The molecule has 0 aromatic heterocycles. The average molecular weight is 264 g/mol. The van der Waals surface area contributed by atoms with E-state index < -0.39 is 0 Å². The molecule has 4 nitrogen and oxygen atoms in total. The Kier molecular flexibility index (Phi) is 3.76. The fourth-order valence-electron chi connectivity index (χ4n) is 4.06. The molecule has 1 aliphatic carbocycles. The fraction of sp³-hybridized carbons (Fsp3) is 0.867. The number of fused-ring (bicyclic) bond motifs is 1. The zero-order valence-corrected chi connectivity index (χ0v) is 11.6. The number of piperidine rings is 1. The van der Waals surface area contributed by atoms with E-state index in [2.05, 4.69) is 4.90 Å². The Hall–Kier alpha value is -1.06. The van der Waals surface area contributed by atoms with Crippen molar-refractivity contribution in [3.63, 3.8) is 0 Å². The van der Waals surface area contributed by atoms with E-state index in [-0.39, 0.29) is 11.8 Å². The molecular formula is C15H24N2O2. The molecule has 0 aromatic rings. The Bertz CT molecular complexity index is 367. The molecule has 0 N–H and O–H groups in total. The van der Waals surface area contributed by atoms with Gasteiger partial charge in [0, 0.05) is 25.6 Å². The van der Waals surface area contributed by atoms with Gasteiger partial charge >= 0.3 is 0 Å². The predicted octanol–water partition coefficient (Wildman–Crippen LogP) is 1.79. The zero-order chi connectivity index (χ0) is 13.2. The van der Waals surface area contributed by atoms with Gasteiger partial charge in [-0.3, -0.25) is 9.59 Å². The molecule has 2 heterocycles. The van der Waals surface area contributed by atoms with Gasteiger partial charge in [-0.2, -0.15) is 0 Å². The average Bonchev–Trinajstić information content (AvgIpc) is 2.83. The maximum absolute atomic E-state index is 12.5. The largest absolute Gasteiger partial charge is 0.338 e. The third-order valence-electron chi connectivity index (χ3n) is 5.06. The summed E-state index contributed by atoms with van der Waals surface area (Å²) in [4.78, 5) is 28.0. The Morgan fingerprint density at radius 2 is 1.84 bits per heavy atom. The van der Waals surface area contributed by atoms with Gasteiger partial charge in [0.15, 0.2) is 0 Å². The highest BCUT2D eigenvalue weighted by Gasteiger charge is 2.36. The maximum atomic E-state index is 12.5. The topological polar surface area (TPSA) is 40.6 Å². The van der Waals surface area contributed by atoms with Crippen molar-refractivity contribution in [2.75, 3.05) is 19.6 Å². The van der Waals surface area contributed by atoms with Crippen molar-refractivity contribution in [2.45, 2.75) is 57.4 Å². The summed E-state index contributed by atoms with van der Waals surface area (Å²) in [5.74, 6) is 1.07. The SMILES string of the molecule is O=C1CCCN1CC(=O)N1CCCC2CCCCC21. The summed E-state index contributed by atoms with van der Waals surface area (Å²) in [6.07, 6.45) is 9.01. The molecule has 4 heteroatoms. The summed E-state index contributed by atoms with van der Waals surface area (Å²) in [5, 5.41) is 0. The Morgan fingerprint density at radius 1 is 1.05 bits per heavy atom. The van der Waals surface area contributed by atoms with Crippen molar-refractivity contribution in [1.82, 2.24) is 9.80 Å². The van der Waals surface area contributed by atoms with Crippen LogP contribution in [0.1, 0.15) is 51.4 Å². The minimum atomic E-state index is 0.158. The fourth-order valence-corrected chi connectivity index (χ4v) is 4.06. The quantitative estimate of drug-likeness (QED) is 0.763. The van der Waals surface area contributed by atoms with Gasteiger partial charge in [-0.05, 0) is 38.0 Å². The second-order valence-corrected chi connectivity index (χ2v) is 6.26. The lowest BCUT2D eigenvalue weighted by Gasteiger charge is -2.44. The summed E-state index contributed by atoms with van der Waals surface area (Å²) in [6, 6.07) is 0.465. The molecule has 3 aliphatic rings. The van der Waals surface area contributed by atoms with Crippen molar-refractivity contribution >= 4 is 11.8 Å². The predicted molar refractivity (Wildman–Crippen MR) is 72.5 cm³/mol. The Balaban J connectivity index is 1.63. The summed E-state index contributed by atoms with van der Waals surface area (Å²) < 4.78 is 0. The first-order valence-corrected chi connectivity index (χ1v) is 7.83. The first kappa shape index (κ1) is 12.9. The molecule has 2 amide bonds. The van der Waals surface area contributed by atoms with Crippen LogP contribution in [0.4, 0.5) is 0 Å². The number of carbonyl (C=O) groups is 2. The molecule has 19 heavy (non-hydrogen) atoms. The number of hydrogen-bond acceptors (Lipinski definition) is 2. The summed E-state index contributed by atoms with van der Waals surface area (Å²) in [5.41, 5.74) is 0. The van der Waals surface area contributed by atoms with Crippen LogP contribution in [0.15, 0.2) is 0 Å². The molecule has 0 bridgehead atoms. The van der Waals surface area contributed by atoms with Gasteiger partial charge in [0.2, 0.25) is 11.8 Å². The minimum Gasteiger partial charge on any atom is -0.338 e. The van der Waals surface area contributed by atoms with Crippen molar-refractivity contribution in [3.8, 4) is 0 Å². The normalized spacial score (nSPS) is 31.5. The third-order valence-corrected chi connectivity index (χ3v) is 5.06. The highest BCUT2D eigenvalue weighted by atomic mass is 16.2. The van der Waals surface area contributed by atoms with Gasteiger partial charge in [0.05, 0.1) is 6.54 Å². The molecule has 2 atom stereocenters. The molecular weight excluding hydrogens is 240 g/mol. The van der Waals surface area contributed by atoms with Gasteiger partial charge in [0.25, 0.3) is 0 Å². The number of carbonyl (C=O) groups excluding carboxylic acids is 2. The number of likely N-dealkylation sites (tertiary alicyclic amines) is 2.